The number of anilines is 2. The summed E-state index contributed by atoms with van der Waals surface area (Å²) in [4.78, 5) is 22.9. The second kappa shape index (κ2) is 23.0. The lowest BCUT2D eigenvalue weighted by molar-refractivity contribution is 0.0599. The number of carbonyl (C=O) groups excluding carboxylic acids is 1. The summed E-state index contributed by atoms with van der Waals surface area (Å²) >= 11 is 11.9. The summed E-state index contributed by atoms with van der Waals surface area (Å²) in [6.07, 6.45) is -1.22. The van der Waals surface area contributed by atoms with Crippen LogP contribution in [0.15, 0.2) is 146 Å². The van der Waals surface area contributed by atoms with E-state index in [-0.39, 0.29) is 11.5 Å². The molecule has 6 aromatic rings. The van der Waals surface area contributed by atoms with Crippen molar-refractivity contribution in [2.75, 3.05) is 57.0 Å². The van der Waals surface area contributed by atoms with Crippen LogP contribution in [0.5, 0.6) is 0 Å². The third kappa shape index (κ3) is 14.3. The molecule has 0 unspecified atom stereocenters. The molecule has 59 heavy (non-hydrogen) atoms. The van der Waals surface area contributed by atoms with Crippen molar-refractivity contribution in [3.8, 4) is 22.3 Å². The molecule has 0 aliphatic rings. The minimum atomic E-state index is -0.938. The summed E-state index contributed by atoms with van der Waals surface area (Å²) in [5.74, 6) is -1.29. The molecule has 0 aliphatic carbocycles. The number of halogens is 2. The van der Waals surface area contributed by atoms with Gasteiger partial charge in [0, 0.05) is 60.7 Å². The topological polar surface area (TPSA) is 152 Å². The molecule has 7 N–H and O–H groups in total. The standard InChI is InChI=1S/C24H25ClN2O3.C23H23ClN2O3/c1-30-24(29)20-8-2-5-17(13-20)18-6-4-10-22(15-18)27-12-11-26-16-23(28)19-7-3-9-21(25)14-19;24-20-8-2-6-18(13-20)22(27)15-25-10-11-26-21-9-3-5-17(14-21)16-4-1-7-19(12-16)23(28)29/h2-10,13-15,23,26-28H,11-12,16H2,1H3;1-9,12-14,22,25-27H,10-11,15H2,(H,28,29)/t23-;22-/m00/s1. The third-order valence-electron chi connectivity index (χ3n) is 9.19. The molecule has 10 nitrogen and oxygen atoms in total. The van der Waals surface area contributed by atoms with Crippen LogP contribution in [-0.2, 0) is 4.74 Å². The normalized spacial score (nSPS) is 11.7. The van der Waals surface area contributed by atoms with Crippen LogP contribution in [0.1, 0.15) is 44.1 Å². The number of carboxylic acids is 1. The second-order valence-electron chi connectivity index (χ2n) is 13.5. The number of aromatic carboxylic acids is 1. The Hall–Kier alpha value is -5.72. The van der Waals surface area contributed by atoms with Crippen LogP contribution in [0.2, 0.25) is 10.0 Å². The molecule has 2 atom stereocenters. The molecule has 0 amide bonds. The van der Waals surface area contributed by atoms with E-state index in [9.17, 15) is 19.8 Å². The monoisotopic (exact) mass is 834 g/mol. The predicted molar refractivity (Wildman–Crippen MR) is 238 cm³/mol. The van der Waals surface area contributed by atoms with Gasteiger partial charge in [-0.25, -0.2) is 9.59 Å². The van der Waals surface area contributed by atoms with Crippen LogP contribution in [0.3, 0.4) is 0 Å². The molecule has 0 spiro atoms. The van der Waals surface area contributed by atoms with Crippen molar-refractivity contribution in [1.29, 1.82) is 0 Å². The fraction of sp³-hybridized carbons (Fsp3) is 0.191. The highest BCUT2D eigenvalue weighted by Gasteiger charge is 2.10. The van der Waals surface area contributed by atoms with Gasteiger partial charge in [0.1, 0.15) is 0 Å². The fourth-order valence-electron chi connectivity index (χ4n) is 6.12. The lowest BCUT2D eigenvalue weighted by Crippen LogP contribution is -2.26. The van der Waals surface area contributed by atoms with Crippen molar-refractivity contribution in [3.63, 3.8) is 0 Å². The smallest absolute Gasteiger partial charge is 0.337 e. The van der Waals surface area contributed by atoms with Gasteiger partial charge < -0.3 is 41.3 Å². The van der Waals surface area contributed by atoms with Crippen molar-refractivity contribution in [1.82, 2.24) is 10.6 Å². The largest absolute Gasteiger partial charge is 0.478 e. The summed E-state index contributed by atoms with van der Waals surface area (Å²) in [5.41, 5.74) is 8.06. The maximum absolute atomic E-state index is 11.8. The first-order chi connectivity index (χ1) is 28.6. The van der Waals surface area contributed by atoms with Gasteiger partial charge in [0.2, 0.25) is 0 Å². The number of carboxylic acid groups (broad SMARTS) is 1. The highest BCUT2D eigenvalue weighted by Crippen LogP contribution is 2.25. The first-order valence-electron chi connectivity index (χ1n) is 19.1. The summed E-state index contributed by atoms with van der Waals surface area (Å²) in [7, 11) is 1.38. The Morgan fingerprint density at radius 1 is 0.542 bits per heavy atom. The van der Waals surface area contributed by atoms with Gasteiger partial charge in [0.25, 0.3) is 0 Å². The van der Waals surface area contributed by atoms with Gasteiger partial charge in [-0.2, -0.15) is 0 Å². The van der Waals surface area contributed by atoms with E-state index < -0.39 is 18.2 Å². The number of hydrogen-bond acceptors (Lipinski definition) is 9. The van der Waals surface area contributed by atoms with Crippen LogP contribution >= 0.6 is 23.2 Å². The van der Waals surface area contributed by atoms with Gasteiger partial charge in [-0.05, 0) is 106 Å². The van der Waals surface area contributed by atoms with Gasteiger partial charge in [-0.15, -0.1) is 0 Å². The van der Waals surface area contributed by atoms with Crippen molar-refractivity contribution in [2.45, 2.75) is 12.2 Å². The third-order valence-corrected chi connectivity index (χ3v) is 9.66. The number of rotatable bonds is 18. The summed E-state index contributed by atoms with van der Waals surface area (Å²) in [5, 5.41) is 44.0. The molecule has 0 fully saturated rings. The van der Waals surface area contributed by atoms with Crippen LogP contribution < -0.4 is 21.3 Å². The van der Waals surface area contributed by atoms with E-state index in [2.05, 4.69) is 21.3 Å². The Balaban J connectivity index is 0.000000224. The van der Waals surface area contributed by atoms with E-state index in [0.29, 0.717) is 54.9 Å². The van der Waals surface area contributed by atoms with E-state index in [0.717, 1.165) is 44.8 Å². The number of aliphatic hydroxyl groups is 2. The van der Waals surface area contributed by atoms with Gasteiger partial charge >= 0.3 is 11.9 Å². The average molecular weight is 836 g/mol. The van der Waals surface area contributed by atoms with E-state index in [1.165, 1.54) is 7.11 Å². The molecular weight excluding hydrogens is 787 g/mol. The maximum Gasteiger partial charge on any atom is 0.337 e. The number of benzene rings is 6. The number of aliphatic hydroxyl groups excluding tert-OH is 2. The number of nitrogens with one attached hydrogen (secondary N) is 4. The molecule has 0 aromatic heterocycles. The van der Waals surface area contributed by atoms with Gasteiger partial charge in [0.15, 0.2) is 0 Å². The lowest BCUT2D eigenvalue weighted by atomic mass is 10.0. The molecule has 0 bridgehead atoms. The highest BCUT2D eigenvalue weighted by atomic mass is 35.5. The minimum Gasteiger partial charge on any atom is -0.478 e. The molecule has 0 radical (unpaired) electrons. The zero-order chi connectivity index (χ0) is 42.0. The Bertz CT molecular complexity index is 2290. The van der Waals surface area contributed by atoms with Gasteiger partial charge in [0.05, 0.1) is 30.4 Å². The molecule has 0 saturated heterocycles. The Morgan fingerprint density at radius 3 is 1.39 bits per heavy atom. The lowest BCUT2D eigenvalue weighted by Gasteiger charge is -2.13. The maximum atomic E-state index is 11.8. The molecule has 12 heteroatoms. The first kappa shape index (κ1) is 44.4. The zero-order valence-corrected chi connectivity index (χ0v) is 34.1. The minimum absolute atomic E-state index is 0.267. The van der Waals surface area contributed by atoms with E-state index in [4.69, 9.17) is 33.0 Å². The first-order valence-corrected chi connectivity index (χ1v) is 19.8. The van der Waals surface area contributed by atoms with Gasteiger partial charge in [-0.1, -0.05) is 96.0 Å². The molecule has 0 aliphatic heterocycles. The van der Waals surface area contributed by atoms with Crippen molar-refractivity contribution in [3.05, 3.63) is 178 Å². The quantitative estimate of drug-likeness (QED) is 0.0330. The number of ether oxygens (including phenoxy) is 1. The van der Waals surface area contributed by atoms with Crippen LogP contribution in [0, 0.1) is 0 Å². The molecule has 0 heterocycles. The van der Waals surface area contributed by atoms with Crippen LogP contribution in [0.4, 0.5) is 11.4 Å². The number of esters is 1. The van der Waals surface area contributed by atoms with E-state index in [1.807, 2.05) is 97.1 Å². The van der Waals surface area contributed by atoms with Crippen molar-refractivity contribution < 1.29 is 29.6 Å². The van der Waals surface area contributed by atoms with E-state index in [1.54, 1.807) is 48.5 Å². The Labute approximate surface area is 354 Å². The Kier molecular flexibility index (Phi) is 17.3. The molecular formula is C47H48Cl2N4O6. The van der Waals surface area contributed by atoms with Gasteiger partial charge in [-0.3, -0.25) is 0 Å². The van der Waals surface area contributed by atoms with E-state index >= 15 is 0 Å². The average Bonchev–Trinajstić information content (AvgIpc) is 3.26. The molecule has 6 rings (SSSR count). The number of carbonyl (C=O) groups is 2. The summed E-state index contributed by atoms with van der Waals surface area (Å²) in [6.45, 7) is 3.64. The molecule has 6 aromatic carbocycles. The van der Waals surface area contributed by atoms with Crippen molar-refractivity contribution >= 4 is 46.5 Å². The number of methoxy groups -OCH3 is 1. The molecule has 0 saturated carbocycles. The number of hydrogen-bond donors (Lipinski definition) is 7. The molecule has 306 valence electrons. The van der Waals surface area contributed by atoms with Crippen LogP contribution in [-0.4, -0.2) is 73.6 Å². The summed E-state index contributed by atoms with van der Waals surface area (Å²) in [6, 6.07) is 44.5. The second-order valence-corrected chi connectivity index (χ2v) is 14.4. The zero-order valence-electron chi connectivity index (χ0n) is 32.6. The SMILES string of the molecule is COC(=O)c1cccc(-c2cccc(NCCNC[C@H](O)c3cccc(Cl)c3)c2)c1.O=C(O)c1cccc(-c2cccc(NCCNC[C@H](O)c3cccc(Cl)c3)c2)c1. The van der Waals surface area contributed by atoms with Crippen LogP contribution in [0.25, 0.3) is 22.3 Å². The van der Waals surface area contributed by atoms with Crippen molar-refractivity contribution in [2.24, 2.45) is 0 Å². The Morgan fingerprint density at radius 2 is 0.949 bits per heavy atom. The fourth-order valence-corrected chi connectivity index (χ4v) is 6.52. The highest BCUT2D eigenvalue weighted by molar-refractivity contribution is 6.30. The summed E-state index contributed by atoms with van der Waals surface area (Å²) < 4.78 is 4.80. The predicted octanol–water partition coefficient (Wildman–Crippen LogP) is 8.97.